The molecule has 5 nitrogen and oxygen atoms in total. The topological polar surface area (TPSA) is 55.8 Å². The first-order valence-corrected chi connectivity index (χ1v) is 9.83. The lowest BCUT2D eigenvalue weighted by molar-refractivity contribution is -0.00257. The Morgan fingerprint density at radius 3 is 2.40 bits per heavy atom. The number of ether oxygens (including phenoxy) is 2. The standard InChI is InChI=1S/C19H23NO4S/c1-3-15-4-10-18(11-5-15)25(21,22)20-12-13-24-19(14-20)16-6-8-17(23-2)9-7-16/h4-11,19H,3,12-14H2,1-2H3. The molecule has 1 aliphatic heterocycles. The van der Waals surface area contributed by atoms with Gasteiger partial charge in [-0.05, 0) is 41.8 Å². The Balaban J connectivity index is 1.79. The second-order valence-electron chi connectivity index (χ2n) is 5.99. The van der Waals surface area contributed by atoms with E-state index in [-0.39, 0.29) is 6.10 Å². The van der Waals surface area contributed by atoms with Crippen LogP contribution in [0.1, 0.15) is 24.2 Å². The van der Waals surface area contributed by atoms with E-state index in [9.17, 15) is 8.42 Å². The third-order valence-electron chi connectivity index (χ3n) is 4.49. The van der Waals surface area contributed by atoms with Crippen molar-refractivity contribution in [2.24, 2.45) is 0 Å². The van der Waals surface area contributed by atoms with E-state index in [4.69, 9.17) is 9.47 Å². The first kappa shape index (κ1) is 17.9. The third-order valence-corrected chi connectivity index (χ3v) is 6.37. The molecule has 2 aromatic rings. The summed E-state index contributed by atoms with van der Waals surface area (Å²) in [6.45, 7) is 3.10. The number of hydrogen-bond acceptors (Lipinski definition) is 4. The molecule has 1 fully saturated rings. The smallest absolute Gasteiger partial charge is 0.243 e. The van der Waals surface area contributed by atoms with Crippen LogP contribution in [0.5, 0.6) is 5.75 Å². The summed E-state index contributed by atoms with van der Waals surface area (Å²) in [5.74, 6) is 0.764. The van der Waals surface area contributed by atoms with Gasteiger partial charge in [-0.25, -0.2) is 8.42 Å². The maximum Gasteiger partial charge on any atom is 0.243 e. The van der Waals surface area contributed by atoms with Gasteiger partial charge in [0.1, 0.15) is 5.75 Å². The number of methoxy groups -OCH3 is 1. The maximum absolute atomic E-state index is 12.9. The van der Waals surface area contributed by atoms with E-state index in [2.05, 4.69) is 0 Å². The molecule has 0 bridgehead atoms. The molecule has 0 aliphatic carbocycles. The van der Waals surface area contributed by atoms with Crippen LogP contribution in [0.3, 0.4) is 0 Å². The Hall–Kier alpha value is -1.89. The van der Waals surface area contributed by atoms with E-state index >= 15 is 0 Å². The highest BCUT2D eigenvalue weighted by Gasteiger charge is 2.31. The van der Waals surface area contributed by atoms with Crippen molar-refractivity contribution < 1.29 is 17.9 Å². The fourth-order valence-electron chi connectivity index (χ4n) is 2.91. The highest BCUT2D eigenvalue weighted by molar-refractivity contribution is 7.89. The highest BCUT2D eigenvalue weighted by Crippen LogP contribution is 2.27. The molecule has 1 atom stereocenters. The summed E-state index contributed by atoms with van der Waals surface area (Å²) in [5.41, 5.74) is 2.07. The van der Waals surface area contributed by atoms with Crippen LogP contribution in [0.2, 0.25) is 0 Å². The van der Waals surface area contributed by atoms with Gasteiger partial charge < -0.3 is 9.47 Å². The zero-order chi connectivity index (χ0) is 17.9. The molecule has 134 valence electrons. The van der Waals surface area contributed by atoms with Crippen LogP contribution in [-0.2, 0) is 21.2 Å². The fraction of sp³-hybridized carbons (Fsp3) is 0.368. The Morgan fingerprint density at radius 2 is 1.80 bits per heavy atom. The Bertz CT molecular complexity index is 800. The van der Waals surface area contributed by atoms with Crippen molar-refractivity contribution in [2.45, 2.75) is 24.3 Å². The Labute approximate surface area is 149 Å². The first-order valence-electron chi connectivity index (χ1n) is 8.39. The van der Waals surface area contributed by atoms with Gasteiger partial charge in [-0.2, -0.15) is 4.31 Å². The number of rotatable bonds is 5. The lowest BCUT2D eigenvalue weighted by atomic mass is 10.1. The molecule has 0 saturated carbocycles. The van der Waals surface area contributed by atoms with Crippen molar-refractivity contribution in [2.75, 3.05) is 26.8 Å². The molecule has 0 amide bonds. The molecular formula is C19H23NO4S. The SMILES string of the molecule is CCc1ccc(S(=O)(=O)N2CCOC(c3ccc(OC)cc3)C2)cc1. The molecule has 0 aromatic heterocycles. The quantitative estimate of drug-likeness (QED) is 0.821. The number of benzene rings is 2. The summed E-state index contributed by atoms with van der Waals surface area (Å²) in [6, 6.07) is 14.6. The molecular weight excluding hydrogens is 338 g/mol. The van der Waals surface area contributed by atoms with E-state index in [0.29, 0.717) is 24.6 Å². The average molecular weight is 361 g/mol. The summed E-state index contributed by atoms with van der Waals surface area (Å²) in [4.78, 5) is 0.333. The van der Waals surface area contributed by atoms with Gasteiger partial charge in [-0.1, -0.05) is 31.2 Å². The molecule has 6 heteroatoms. The number of morpholine rings is 1. The van der Waals surface area contributed by atoms with E-state index in [1.54, 1.807) is 19.2 Å². The molecule has 1 aliphatic rings. The molecule has 1 unspecified atom stereocenters. The third kappa shape index (κ3) is 3.86. The largest absolute Gasteiger partial charge is 0.497 e. The van der Waals surface area contributed by atoms with Crippen molar-refractivity contribution in [3.8, 4) is 5.75 Å². The summed E-state index contributed by atoms with van der Waals surface area (Å²) in [6.07, 6.45) is 0.613. The zero-order valence-electron chi connectivity index (χ0n) is 14.5. The molecule has 1 saturated heterocycles. The van der Waals surface area contributed by atoms with E-state index in [0.717, 1.165) is 23.3 Å². The monoisotopic (exact) mass is 361 g/mol. The van der Waals surface area contributed by atoms with Gasteiger partial charge in [0.2, 0.25) is 10.0 Å². The lowest BCUT2D eigenvalue weighted by Gasteiger charge is -2.32. The van der Waals surface area contributed by atoms with Crippen LogP contribution in [0.15, 0.2) is 53.4 Å². The zero-order valence-corrected chi connectivity index (χ0v) is 15.3. The Kier molecular flexibility index (Phi) is 5.42. The average Bonchev–Trinajstić information content (AvgIpc) is 2.68. The highest BCUT2D eigenvalue weighted by atomic mass is 32.2. The molecule has 25 heavy (non-hydrogen) atoms. The summed E-state index contributed by atoms with van der Waals surface area (Å²) in [7, 11) is -1.90. The minimum absolute atomic E-state index is 0.274. The van der Waals surface area contributed by atoms with Crippen LogP contribution < -0.4 is 4.74 Å². The summed E-state index contributed by atoms with van der Waals surface area (Å²) < 4.78 is 38.3. The van der Waals surface area contributed by atoms with Gasteiger partial charge in [0.15, 0.2) is 0 Å². The van der Waals surface area contributed by atoms with Gasteiger partial charge in [-0.3, -0.25) is 0 Å². The van der Waals surface area contributed by atoms with Crippen molar-refractivity contribution in [1.29, 1.82) is 0 Å². The minimum atomic E-state index is -3.51. The van der Waals surface area contributed by atoms with Crippen LogP contribution in [-0.4, -0.2) is 39.5 Å². The second kappa shape index (κ2) is 7.56. The molecule has 2 aromatic carbocycles. The van der Waals surface area contributed by atoms with Crippen LogP contribution >= 0.6 is 0 Å². The lowest BCUT2D eigenvalue weighted by Crippen LogP contribution is -2.42. The van der Waals surface area contributed by atoms with Gasteiger partial charge in [0.05, 0.1) is 24.7 Å². The molecule has 3 rings (SSSR count). The molecule has 0 radical (unpaired) electrons. The van der Waals surface area contributed by atoms with E-state index < -0.39 is 10.0 Å². The van der Waals surface area contributed by atoms with Gasteiger partial charge in [-0.15, -0.1) is 0 Å². The van der Waals surface area contributed by atoms with Gasteiger partial charge in [0, 0.05) is 13.1 Å². The summed E-state index contributed by atoms with van der Waals surface area (Å²) in [5, 5.41) is 0. The fourth-order valence-corrected chi connectivity index (χ4v) is 4.34. The number of hydrogen-bond donors (Lipinski definition) is 0. The van der Waals surface area contributed by atoms with Crippen LogP contribution in [0.4, 0.5) is 0 Å². The molecule has 1 heterocycles. The van der Waals surface area contributed by atoms with Gasteiger partial charge >= 0.3 is 0 Å². The predicted molar refractivity (Wildman–Crippen MR) is 96.3 cm³/mol. The van der Waals surface area contributed by atoms with Crippen molar-refractivity contribution in [1.82, 2.24) is 4.31 Å². The first-order chi connectivity index (χ1) is 12.0. The van der Waals surface area contributed by atoms with Crippen molar-refractivity contribution in [3.05, 3.63) is 59.7 Å². The Morgan fingerprint density at radius 1 is 1.12 bits per heavy atom. The normalized spacial score (nSPS) is 18.9. The van der Waals surface area contributed by atoms with Crippen molar-refractivity contribution >= 4 is 10.0 Å². The van der Waals surface area contributed by atoms with Crippen LogP contribution in [0.25, 0.3) is 0 Å². The molecule has 0 spiro atoms. The minimum Gasteiger partial charge on any atom is -0.497 e. The number of aryl methyl sites for hydroxylation is 1. The summed E-state index contributed by atoms with van der Waals surface area (Å²) >= 11 is 0. The van der Waals surface area contributed by atoms with E-state index in [1.807, 2.05) is 43.3 Å². The predicted octanol–water partition coefficient (Wildman–Crippen LogP) is 3.02. The van der Waals surface area contributed by atoms with Crippen LogP contribution in [0, 0.1) is 0 Å². The van der Waals surface area contributed by atoms with Crippen molar-refractivity contribution in [3.63, 3.8) is 0 Å². The number of nitrogens with zero attached hydrogens (tertiary/aromatic N) is 1. The second-order valence-corrected chi connectivity index (χ2v) is 7.93. The maximum atomic E-state index is 12.9. The van der Waals surface area contributed by atoms with E-state index in [1.165, 1.54) is 4.31 Å². The number of sulfonamides is 1. The molecule has 0 N–H and O–H groups in total. The van der Waals surface area contributed by atoms with Gasteiger partial charge in [0.25, 0.3) is 0 Å².